The van der Waals surface area contributed by atoms with Crippen molar-refractivity contribution in [3.05, 3.63) is 0 Å². The molecule has 0 aromatic carbocycles. The highest BCUT2D eigenvalue weighted by Crippen LogP contribution is 2.30. The van der Waals surface area contributed by atoms with Crippen molar-refractivity contribution < 1.29 is 18.3 Å². The molecule has 0 radical (unpaired) electrons. The molecule has 15 heavy (non-hydrogen) atoms. The van der Waals surface area contributed by atoms with Gasteiger partial charge in [0.1, 0.15) is 6.10 Å². The molecule has 0 saturated carbocycles. The second-order valence-corrected chi connectivity index (χ2v) is 4.61. The van der Waals surface area contributed by atoms with Crippen LogP contribution in [0.25, 0.3) is 0 Å². The monoisotopic (exact) mass is 239 g/mol. The predicted octanol–water partition coefficient (Wildman–Crippen LogP) is 1.28. The number of cyclic esters (lactones) is 1. The molecule has 1 N–H and O–H groups in total. The smallest absolute Gasteiger partial charge is 0.377 e. The van der Waals surface area contributed by atoms with E-state index in [-0.39, 0.29) is 6.04 Å². The molecule has 0 aromatic heterocycles. The zero-order chi connectivity index (χ0) is 11.5. The fourth-order valence-electron chi connectivity index (χ4n) is 1.40. The molecule has 1 saturated heterocycles. The van der Waals surface area contributed by atoms with E-state index < -0.39 is 24.4 Å². The molecule has 0 aliphatic carbocycles. The van der Waals surface area contributed by atoms with Crippen molar-refractivity contribution in [1.29, 1.82) is 0 Å². The molecular weight excluding hydrogens is 224 g/mol. The molecule has 0 spiro atoms. The summed E-state index contributed by atoms with van der Waals surface area (Å²) < 4.78 is 30.1. The molecular formula is C9H15F2NO2S. The summed E-state index contributed by atoms with van der Waals surface area (Å²) in [5.41, 5.74) is 0. The number of hydrogen-bond donors (Lipinski definition) is 1. The van der Waals surface area contributed by atoms with E-state index in [1.807, 2.05) is 13.2 Å². The molecule has 1 fully saturated rings. The lowest BCUT2D eigenvalue weighted by atomic mass is 10.2. The van der Waals surface area contributed by atoms with E-state index >= 15 is 0 Å². The molecule has 1 rings (SSSR count). The molecule has 1 heterocycles. The van der Waals surface area contributed by atoms with E-state index in [4.69, 9.17) is 0 Å². The maximum absolute atomic E-state index is 12.8. The summed E-state index contributed by atoms with van der Waals surface area (Å²) in [6.45, 7) is 2.26. The van der Waals surface area contributed by atoms with E-state index in [9.17, 15) is 13.6 Å². The van der Waals surface area contributed by atoms with Crippen molar-refractivity contribution in [2.24, 2.45) is 0 Å². The summed E-state index contributed by atoms with van der Waals surface area (Å²) in [6.07, 6.45) is 0.768. The lowest BCUT2D eigenvalue weighted by Crippen LogP contribution is -2.35. The summed E-state index contributed by atoms with van der Waals surface area (Å²) in [6, 6.07) is 0.230. The van der Waals surface area contributed by atoms with Crippen LogP contribution in [0.1, 0.15) is 13.3 Å². The highest BCUT2D eigenvalue weighted by atomic mass is 32.2. The zero-order valence-corrected chi connectivity index (χ0v) is 9.57. The number of hydrogen-bond acceptors (Lipinski definition) is 4. The quantitative estimate of drug-likeness (QED) is 0.733. The van der Waals surface area contributed by atoms with E-state index in [0.29, 0.717) is 6.54 Å². The van der Waals surface area contributed by atoms with E-state index in [0.717, 1.165) is 5.75 Å². The van der Waals surface area contributed by atoms with E-state index in [1.54, 1.807) is 11.8 Å². The van der Waals surface area contributed by atoms with Gasteiger partial charge in [-0.1, -0.05) is 0 Å². The first-order chi connectivity index (χ1) is 6.95. The summed E-state index contributed by atoms with van der Waals surface area (Å²) in [7, 11) is 0. The van der Waals surface area contributed by atoms with Gasteiger partial charge in [-0.3, -0.25) is 0 Å². The van der Waals surface area contributed by atoms with E-state index in [2.05, 4.69) is 10.1 Å². The first-order valence-corrected chi connectivity index (χ1v) is 6.16. The van der Waals surface area contributed by atoms with Gasteiger partial charge in [-0.05, 0) is 13.2 Å². The highest BCUT2D eigenvalue weighted by molar-refractivity contribution is 7.98. The number of ether oxygens (including phenoxy) is 1. The molecule has 88 valence electrons. The van der Waals surface area contributed by atoms with Crippen LogP contribution in [-0.4, -0.2) is 42.6 Å². The van der Waals surface area contributed by atoms with Crippen LogP contribution in [0.15, 0.2) is 0 Å². The Labute approximate surface area is 91.9 Å². The standard InChI is InChI=1S/C9H15F2NO2S/c1-6(5-15-2)12-4-7-3-9(10,11)8(13)14-7/h6-7,12H,3-5H2,1-2H3. The molecule has 0 aromatic rings. The molecule has 2 atom stereocenters. The van der Waals surface area contributed by atoms with Crippen molar-refractivity contribution in [1.82, 2.24) is 5.32 Å². The number of alkyl halides is 2. The summed E-state index contributed by atoms with van der Waals surface area (Å²) in [5.74, 6) is -3.79. The van der Waals surface area contributed by atoms with Crippen LogP contribution in [0.3, 0.4) is 0 Å². The first kappa shape index (κ1) is 12.7. The average Bonchev–Trinajstić information content (AvgIpc) is 2.38. The van der Waals surface area contributed by atoms with Gasteiger partial charge < -0.3 is 10.1 Å². The number of thioether (sulfide) groups is 1. The van der Waals surface area contributed by atoms with Gasteiger partial charge in [0, 0.05) is 18.3 Å². The predicted molar refractivity (Wildman–Crippen MR) is 55.3 cm³/mol. The normalized spacial score (nSPS) is 26.4. The van der Waals surface area contributed by atoms with Gasteiger partial charge in [0.2, 0.25) is 0 Å². The summed E-state index contributed by atoms with van der Waals surface area (Å²) >= 11 is 1.67. The van der Waals surface area contributed by atoms with Crippen molar-refractivity contribution in [2.75, 3.05) is 18.6 Å². The van der Waals surface area contributed by atoms with Crippen LogP contribution in [0.5, 0.6) is 0 Å². The fourth-order valence-corrected chi connectivity index (χ4v) is 2.02. The Morgan fingerprint density at radius 2 is 2.40 bits per heavy atom. The third kappa shape index (κ3) is 3.61. The third-order valence-corrected chi connectivity index (χ3v) is 3.00. The second kappa shape index (κ2) is 5.12. The molecule has 0 bridgehead atoms. The van der Waals surface area contributed by atoms with Crippen LogP contribution in [0.4, 0.5) is 8.78 Å². The van der Waals surface area contributed by atoms with Gasteiger partial charge in [-0.15, -0.1) is 0 Å². The Bertz CT molecular complexity index is 238. The molecule has 0 amide bonds. The first-order valence-electron chi connectivity index (χ1n) is 4.77. The maximum Gasteiger partial charge on any atom is 0.377 e. The number of carbonyl (C=O) groups is 1. The van der Waals surface area contributed by atoms with Crippen LogP contribution >= 0.6 is 11.8 Å². The minimum absolute atomic E-state index is 0.230. The molecule has 1 aliphatic heterocycles. The fraction of sp³-hybridized carbons (Fsp3) is 0.889. The second-order valence-electron chi connectivity index (χ2n) is 3.70. The molecule has 2 unspecified atom stereocenters. The SMILES string of the molecule is CSCC(C)NCC1CC(F)(F)C(=O)O1. The Morgan fingerprint density at radius 3 is 2.87 bits per heavy atom. The van der Waals surface area contributed by atoms with Crippen molar-refractivity contribution >= 4 is 17.7 Å². The van der Waals surface area contributed by atoms with Gasteiger partial charge in [-0.2, -0.15) is 20.5 Å². The number of esters is 1. The van der Waals surface area contributed by atoms with Crippen molar-refractivity contribution in [3.63, 3.8) is 0 Å². The topological polar surface area (TPSA) is 38.3 Å². The highest BCUT2D eigenvalue weighted by Gasteiger charge is 2.50. The van der Waals surface area contributed by atoms with Gasteiger partial charge >= 0.3 is 11.9 Å². The van der Waals surface area contributed by atoms with Gasteiger partial charge in [0.25, 0.3) is 0 Å². The number of carbonyl (C=O) groups excluding carboxylic acids is 1. The Hall–Kier alpha value is -0.360. The van der Waals surface area contributed by atoms with Crippen LogP contribution < -0.4 is 5.32 Å². The third-order valence-electron chi connectivity index (χ3n) is 2.17. The minimum atomic E-state index is -3.30. The number of halogens is 2. The van der Waals surface area contributed by atoms with Crippen LogP contribution in [-0.2, 0) is 9.53 Å². The molecule has 1 aliphatic rings. The Morgan fingerprint density at radius 1 is 1.73 bits per heavy atom. The Balaban J connectivity index is 2.27. The van der Waals surface area contributed by atoms with Gasteiger partial charge in [0.05, 0.1) is 6.42 Å². The maximum atomic E-state index is 12.8. The van der Waals surface area contributed by atoms with Crippen molar-refractivity contribution in [2.45, 2.75) is 31.4 Å². The lowest BCUT2D eigenvalue weighted by Gasteiger charge is -2.15. The number of nitrogens with one attached hydrogen (secondary N) is 1. The number of rotatable bonds is 5. The average molecular weight is 239 g/mol. The Kier molecular flexibility index (Phi) is 4.33. The zero-order valence-electron chi connectivity index (χ0n) is 8.76. The minimum Gasteiger partial charge on any atom is -0.456 e. The van der Waals surface area contributed by atoms with Gasteiger partial charge in [0.15, 0.2) is 0 Å². The van der Waals surface area contributed by atoms with Gasteiger partial charge in [-0.25, -0.2) is 4.79 Å². The molecule has 3 nitrogen and oxygen atoms in total. The van der Waals surface area contributed by atoms with Crippen LogP contribution in [0, 0.1) is 0 Å². The van der Waals surface area contributed by atoms with E-state index in [1.165, 1.54) is 0 Å². The largest absolute Gasteiger partial charge is 0.456 e. The van der Waals surface area contributed by atoms with Crippen molar-refractivity contribution in [3.8, 4) is 0 Å². The summed E-state index contributed by atoms with van der Waals surface area (Å²) in [4.78, 5) is 10.7. The lowest BCUT2D eigenvalue weighted by molar-refractivity contribution is -0.159. The summed E-state index contributed by atoms with van der Waals surface area (Å²) in [5, 5.41) is 3.05. The van der Waals surface area contributed by atoms with Crippen LogP contribution in [0.2, 0.25) is 0 Å². The molecule has 6 heteroatoms.